The Morgan fingerprint density at radius 1 is 1.32 bits per heavy atom. The second-order valence-electron chi connectivity index (χ2n) is 5.41. The lowest BCUT2D eigenvalue weighted by Gasteiger charge is -2.15. The van der Waals surface area contributed by atoms with E-state index >= 15 is 0 Å². The van der Waals surface area contributed by atoms with Gasteiger partial charge in [-0.2, -0.15) is 5.10 Å². The molecule has 2 heterocycles. The van der Waals surface area contributed by atoms with Crippen molar-refractivity contribution in [2.75, 3.05) is 6.54 Å². The fourth-order valence-electron chi connectivity index (χ4n) is 2.67. The van der Waals surface area contributed by atoms with Gasteiger partial charge in [0.1, 0.15) is 10.8 Å². The molecular weight excluding hydrogens is 328 g/mol. The maximum atomic E-state index is 12.3. The summed E-state index contributed by atoms with van der Waals surface area (Å²) < 4.78 is 4.88. The van der Waals surface area contributed by atoms with Crippen molar-refractivity contribution >= 4 is 23.9 Å². The van der Waals surface area contributed by atoms with Gasteiger partial charge in [0.25, 0.3) is 5.91 Å². The minimum absolute atomic E-state index is 0.113. The Labute approximate surface area is 141 Å². The first kappa shape index (κ1) is 16.4. The highest BCUT2D eigenvalue weighted by atomic mass is 16.6. The highest BCUT2D eigenvalue weighted by molar-refractivity contribution is 6.03. The predicted octanol–water partition coefficient (Wildman–Crippen LogP) is 1.17. The van der Waals surface area contributed by atoms with Gasteiger partial charge < -0.3 is 9.73 Å². The summed E-state index contributed by atoms with van der Waals surface area (Å²) in [6, 6.07) is 11.8. The Morgan fingerprint density at radius 3 is 2.76 bits per heavy atom. The first-order valence-electron chi connectivity index (χ1n) is 7.46. The van der Waals surface area contributed by atoms with Crippen LogP contribution in [0.15, 0.2) is 52.0 Å². The summed E-state index contributed by atoms with van der Waals surface area (Å²) in [6.45, 7) is 0.370. The monoisotopic (exact) mass is 342 g/mol. The molecule has 0 spiro atoms. The summed E-state index contributed by atoms with van der Waals surface area (Å²) in [6.07, 6.45) is 1.13. The van der Waals surface area contributed by atoms with Crippen LogP contribution in [0.2, 0.25) is 0 Å². The predicted molar refractivity (Wildman–Crippen MR) is 86.8 cm³/mol. The van der Waals surface area contributed by atoms with Crippen molar-refractivity contribution in [2.45, 2.75) is 5.92 Å². The van der Waals surface area contributed by atoms with Crippen molar-refractivity contribution in [1.29, 1.82) is 0 Å². The summed E-state index contributed by atoms with van der Waals surface area (Å²) >= 11 is 0. The van der Waals surface area contributed by atoms with Gasteiger partial charge in [0.15, 0.2) is 5.76 Å². The number of hydrogen-bond acceptors (Lipinski definition) is 6. The molecule has 2 aromatic rings. The Hall–Kier alpha value is -3.49. The fourth-order valence-corrected chi connectivity index (χ4v) is 2.67. The van der Waals surface area contributed by atoms with Crippen LogP contribution in [0.5, 0.6) is 0 Å². The maximum Gasteiger partial charge on any atom is 0.433 e. The Balaban J connectivity index is 1.67. The minimum atomic E-state index is -0.898. The number of carbonyl (C=O) groups is 2. The number of benzene rings is 1. The first-order valence-corrected chi connectivity index (χ1v) is 7.46. The summed E-state index contributed by atoms with van der Waals surface area (Å²) in [5, 5.41) is 16.9. The van der Waals surface area contributed by atoms with Crippen LogP contribution in [0.25, 0.3) is 0 Å². The molecule has 9 nitrogen and oxygen atoms in total. The van der Waals surface area contributed by atoms with Gasteiger partial charge in [0, 0.05) is 12.5 Å². The van der Waals surface area contributed by atoms with Gasteiger partial charge in [-0.15, -0.1) is 0 Å². The number of carbonyl (C=O) groups excluding carboxylic acids is 2. The summed E-state index contributed by atoms with van der Waals surface area (Å²) in [4.78, 5) is 34.2. The molecule has 1 aromatic heterocycles. The van der Waals surface area contributed by atoms with E-state index in [1.807, 2.05) is 30.3 Å². The van der Waals surface area contributed by atoms with E-state index in [9.17, 15) is 19.7 Å². The number of rotatable bonds is 5. The third-order valence-corrected chi connectivity index (χ3v) is 3.85. The normalized spacial score (nSPS) is 19.8. The standard InChI is InChI=1S/C16H14N4O5/c21-15-14(12(9-17-15)10-4-2-1-3-5-10)16(22)19-18-8-11-6-7-13(25-11)20(23)24/h1-8,12,14H,9H2,(H,17,21)(H,19,22)/b18-8+. The molecule has 128 valence electrons. The van der Waals surface area contributed by atoms with Crippen LogP contribution in [-0.2, 0) is 9.59 Å². The third-order valence-electron chi connectivity index (χ3n) is 3.85. The van der Waals surface area contributed by atoms with E-state index in [-0.39, 0.29) is 17.6 Å². The average molecular weight is 342 g/mol. The number of furan rings is 1. The second-order valence-corrected chi connectivity index (χ2v) is 5.41. The van der Waals surface area contributed by atoms with E-state index in [0.717, 1.165) is 11.8 Å². The van der Waals surface area contributed by atoms with Gasteiger partial charge in [-0.25, -0.2) is 5.43 Å². The van der Waals surface area contributed by atoms with E-state index in [4.69, 9.17) is 4.42 Å². The zero-order valence-corrected chi connectivity index (χ0v) is 12.9. The second kappa shape index (κ2) is 6.95. The molecule has 0 bridgehead atoms. The zero-order chi connectivity index (χ0) is 17.8. The molecule has 1 aliphatic heterocycles. The Morgan fingerprint density at radius 2 is 2.08 bits per heavy atom. The number of hydrazone groups is 1. The molecule has 1 aromatic carbocycles. The van der Waals surface area contributed by atoms with Gasteiger partial charge in [-0.05, 0) is 11.6 Å². The molecule has 0 radical (unpaired) electrons. The van der Waals surface area contributed by atoms with Crippen molar-refractivity contribution in [3.63, 3.8) is 0 Å². The number of nitrogens with zero attached hydrogens (tertiary/aromatic N) is 2. The van der Waals surface area contributed by atoms with Crippen LogP contribution in [0.3, 0.4) is 0 Å². The van der Waals surface area contributed by atoms with Crippen LogP contribution in [0.4, 0.5) is 5.88 Å². The number of nitro groups is 1. The number of nitrogens with one attached hydrogen (secondary N) is 2. The van der Waals surface area contributed by atoms with Gasteiger partial charge in [0.05, 0.1) is 12.3 Å². The quantitative estimate of drug-likeness (QED) is 0.365. The first-order chi connectivity index (χ1) is 12.1. The molecule has 2 unspecified atom stereocenters. The highest BCUT2D eigenvalue weighted by Crippen LogP contribution is 2.28. The van der Waals surface area contributed by atoms with Gasteiger partial charge in [-0.1, -0.05) is 30.3 Å². The molecule has 1 fully saturated rings. The van der Waals surface area contributed by atoms with Crippen LogP contribution < -0.4 is 10.7 Å². The molecule has 25 heavy (non-hydrogen) atoms. The smallest absolute Gasteiger partial charge is 0.400 e. The SMILES string of the molecule is O=C1NCC(c2ccccc2)C1C(=O)N/N=C/c1ccc([N+](=O)[O-])o1. The molecule has 2 amide bonds. The summed E-state index contributed by atoms with van der Waals surface area (Å²) in [7, 11) is 0. The third kappa shape index (κ3) is 3.55. The van der Waals surface area contributed by atoms with E-state index in [2.05, 4.69) is 15.8 Å². The van der Waals surface area contributed by atoms with Crippen LogP contribution in [-0.4, -0.2) is 29.5 Å². The van der Waals surface area contributed by atoms with Gasteiger partial charge >= 0.3 is 5.88 Å². The Bertz CT molecular complexity index is 830. The molecule has 0 aliphatic carbocycles. The lowest BCUT2D eigenvalue weighted by Crippen LogP contribution is -2.34. The zero-order valence-electron chi connectivity index (χ0n) is 12.9. The fraction of sp³-hybridized carbons (Fsp3) is 0.188. The molecule has 9 heteroatoms. The summed E-state index contributed by atoms with van der Waals surface area (Å²) in [5.41, 5.74) is 3.16. The lowest BCUT2D eigenvalue weighted by molar-refractivity contribution is -0.402. The van der Waals surface area contributed by atoms with Crippen LogP contribution in [0, 0.1) is 16.0 Å². The Kier molecular flexibility index (Phi) is 4.55. The maximum absolute atomic E-state index is 12.3. The average Bonchev–Trinajstić information content (AvgIpc) is 3.22. The molecule has 0 saturated carbocycles. The lowest BCUT2D eigenvalue weighted by atomic mass is 9.88. The highest BCUT2D eigenvalue weighted by Gasteiger charge is 2.40. The molecule has 1 aliphatic rings. The van der Waals surface area contributed by atoms with E-state index in [0.29, 0.717) is 6.54 Å². The van der Waals surface area contributed by atoms with Crippen LogP contribution >= 0.6 is 0 Å². The molecule has 2 atom stereocenters. The van der Waals surface area contributed by atoms with E-state index in [1.165, 1.54) is 12.1 Å². The molecular formula is C16H14N4O5. The number of amides is 2. The molecule has 3 rings (SSSR count). The van der Waals surface area contributed by atoms with Gasteiger partial charge in [0.2, 0.25) is 5.91 Å². The van der Waals surface area contributed by atoms with Crippen molar-refractivity contribution in [3.05, 3.63) is 63.9 Å². The van der Waals surface area contributed by atoms with Crippen molar-refractivity contribution < 1.29 is 18.9 Å². The topological polar surface area (TPSA) is 127 Å². The van der Waals surface area contributed by atoms with Crippen molar-refractivity contribution in [3.8, 4) is 0 Å². The van der Waals surface area contributed by atoms with Crippen molar-refractivity contribution in [2.24, 2.45) is 11.0 Å². The van der Waals surface area contributed by atoms with E-state index in [1.54, 1.807) is 0 Å². The molecule has 2 N–H and O–H groups in total. The minimum Gasteiger partial charge on any atom is -0.400 e. The van der Waals surface area contributed by atoms with Gasteiger partial charge in [-0.3, -0.25) is 19.7 Å². The summed E-state index contributed by atoms with van der Waals surface area (Å²) in [5.74, 6) is -2.41. The largest absolute Gasteiger partial charge is 0.433 e. The van der Waals surface area contributed by atoms with E-state index < -0.39 is 22.6 Å². The molecule has 1 saturated heterocycles. The van der Waals surface area contributed by atoms with Crippen molar-refractivity contribution in [1.82, 2.24) is 10.7 Å². The van der Waals surface area contributed by atoms with Crippen LogP contribution in [0.1, 0.15) is 17.2 Å². The number of hydrogen-bond donors (Lipinski definition) is 2.